The standard InChI is InChI=1S/C30H30N4O3/c1-4-19-37-25-18-12-11-17-24(25)28(26-20(2)31-33(29(26)35)22-13-7-5-8-14-22)27-21(3)32-34(30(27)36)23-15-9-6-10-16-23/h4-18,24-25,28,31-32H,1,19H2,2-3H3/t24-,25+/m1/s1. The zero-order valence-electron chi connectivity index (χ0n) is 20.9. The number of aromatic amines is 2. The Hall–Kier alpha value is -4.36. The molecule has 1 aliphatic carbocycles. The molecule has 2 aromatic carbocycles. The Kier molecular flexibility index (Phi) is 6.79. The molecule has 0 saturated carbocycles. The second-order valence-electron chi connectivity index (χ2n) is 9.16. The van der Waals surface area contributed by atoms with Gasteiger partial charge in [0.05, 0.1) is 24.1 Å². The van der Waals surface area contributed by atoms with Gasteiger partial charge in [0.25, 0.3) is 11.1 Å². The molecule has 7 nitrogen and oxygen atoms in total. The molecule has 2 aromatic heterocycles. The van der Waals surface area contributed by atoms with Crippen molar-refractivity contribution in [1.82, 2.24) is 19.6 Å². The third-order valence-electron chi connectivity index (χ3n) is 6.80. The van der Waals surface area contributed by atoms with Crippen molar-refractivity contribution in [1.29, 1.82) is 0 Å². The normalized spacial score (nSPS) is 16.9. The number of ether oxygens (including phenoxy) is 1. The Bertz CT molecular complexity index is 1470. The highest BCUT2D eigenvalue weighted by Crippen LogP contribution is 2.37. The van der Waals surface area contributed by atoms with Crippen molar-refractivity contribution in [2.45, 2.75) is 25.9 Å². The van der Waals surface area contributed by atoms with Crippen LogP contribution >= 0.6 is 0 Å². The van der Waals surface area contributed by atoms with E-state index in [1.54, 1.807) is 6.08 Å². The Balaban J connectivity index is 1.73. The SMILES string of the molecule is C=CCO[C@H]1C=CC=C[C@H]1C(c1c(C)[nH]n(-c2ccccc2)c1=O)c1c(C)[nH]n(-c2ccccc2)c1=O. The molecule has 188 valence electrons. The number of aryl methyl sites for hydroxylation is 2. The highest BCUT2D eigenvalue weighted by atomic mass is 16.5. The van der Waals surface area contributed by atoms with E-state index in [0.29, 0.717) is 29.1 Å². The Morgan fingerprint density at radius 3 is 1.81 bits per heavy atom. The van der Waals surface area contributed by atoms with Crippen molar-refractivity contribution in [3.05, 3.63) is 141 Å². The first-order valence-electron chi connectivity index (χ1n) is 12.3. The summed E-state index contributed by atoms with van der Waals surface area (Å²) in [7, 11) is 0. The molecule has 0 radical (unpaired) electrons. The van der Waals surface area contributed by atoms with Gasteiger partial charge in [-0.25, -0.2) is 9.36 Å². The highest BCUT2D eigenvalue weighted by Gasteiger charge is 2.38. The third kappa shape index (κ3) is 4.49. The average Bonchev–Trinajstić information content (AvgIpc) is 3.39. The third-order valence-corrected chi connectivity index (χ3v) is 6.80. The number of rotatable bonds is 8. The topological polar surface area (TPSA) is 84.8 Å². The second-order valence-corrected chi connectivity index (χ2v) is 9.16. The summed E-state index contributed by atoms with van der Waals surface area (Å²) in [5.74, 6) is -0.846. The molecule has 0 spiro atoms. The smallest absolute Gasteiger partial charge is 0.275 e. The molecule has 0 unspecified atom stereocenters. The van der Waals surface area contributed by atoms with Crippen LogP contribution in [-0.4, -0.2) is 32.3 Å². The van der Waals surface area contributed by atoms with Crippen molar-refractivity contribution >= 4 is 0 Å². The van der Waals surface area contributed by atoms with Crippen LogP contribution in [0.25, 0.3) is 11.4 Å². The van der Waals surface area contributed by atoms with Gasteiger partial charge in [0.1, 0.15) is 0 Å². The number of aromatic nitrogens is 4. The second kappa shape index (κ2) is 10.3. The summed E-state index contributed by atoms with van der Waals surface area (Å²) >= 11 is 0. The number of nitrogens with one attached hydrogen (secondary N) is 2. The number of nitrogens with zero attached hydrogens (tertiary/aromatic N) is 2. The Labute approximate surface area is 215 Å². The Morgan fingerprint density at radius 1 is 0.838 bits per heavy atom. The lowest BCUT2D eigenvalue weighted by atomic mass is 9.76. The summed E-state index contributed by atoms with van der Waals surface area (Å²) in [6.07, 6.45) is 9.23. The summed E-state index contributed by atoms with van der Waals surface area (Å²) < 4.78 is 9.19. The lowest BCUT2D eigenvalue weighted by Crippen LogP contribution is -2.34. The molecule has 37 heavy (non-hydrogen) atoms. The predicted molar refractivity (Wildman–Crippen MR) is 146 cm³/mol. The molecule has 0 fully saturated rings. The van der Waals surface area contributed by atoms with Crippen LogP contribution in [0, 0.1) is 19.8 Å². The molecular formula is C30H30N4O3. The van der Waals surface area contributed by atoms with Gasteiger partial charge in [-0.15, -0.1) is 6.58 Å². The molecule has 2 N–H and O–H groups in total. The molecule has 0 amide bonds. The lowest BCUT2D eigenvalue weighted by molar-refractivity contribution is 0.0725. The molecule has 0 saturated heterocycles. The predicted octanol–water partition coefficient (Wildman–Crippen LogP) is 4.71. The summed E-state index contributed by atoms with van der Waals surface area (Å²) in [5.41, 5.74) is 3.57. The van der Waals surface area contributed by atoms with E-state index in [-0.39, 0.29) is 23.1 Å². The largest absolute Gasteiger partial charge is 0.369 e. The van der Waals surface area contributed by atoms with Gasteiger partial charge in [0.2, 0.25) is 0 Å². The van der Waals surface area contributed by atoms with Gasteiger partial charge in [-0.1, -0.05) is 66.8 Å². The lowest BCUT2D eigenvalue weighted by Gasteiger charge is -2.31. The van der Waals surface area contributed by atoms with E-state index in [1.807, 2.05) is 98.8 Å². The van der Waals surface area contributed by atoms with Gasteiger partial charge < -0.3 is 4.74 Å². The van der Waals surface area contributed by atoms with Crippen LogP contribution in [0.2, 0.25) is 0 Å². The summed E-state index contributed by atoms with van der Waals surface area (Å²) in [5, 5.41) is 6.48. The van der Waals surface area contributed by atoms with E-state index in [1.165, 1.54) is 9.36 Å². The number of H-pyrrole nitrogens is 2. The molecule has 1 aliphatic rings. The first kappa shape index (κ1) is 24.3. The van der Waals surface area contributed by atoms with Gasteiger partial charge in [0, 0.05) is 34.4 Å². The number of allylic oxidation sites excluding steroid dienone is 2. The minimum Gasteiger partial charge on any atom is -0.369 e. The van der Waals surface area contributed by atoms with Crippen molar-refractivity contribution in [2.75, 3.05) is 6.61 Å². The van der Waals surface area contributed by atoms with E-state index in [4.69, 9.17) is 4.74 Å². The van der Waals surface area contributed by atoms with Crippen LogP contribution in [0.4, 0.5) is 0 Å². The molecule has 2 heterocycles. The first-order chi connectivity index (χ1) is 18.0. The fourth-order valence-electron chi connectivity index (χ4n) is 5.15. The highest BCUT2D eigenvalue weighted by molar-refractivity contribution is 5.43. The zero-order valence-corrected chi connectivity index (χ0v) is 20.9. The van der Waals surface area contributed by atoms with Crippen LogP contribution < -0.4 is 11.1 Å². The number of benzene rings is 2. The van der Waals surface area contributed by atoms with Crippen LogP contribution in [-0.2, 0) is 4.74 Å². The number of hydrogen-bond donors (Lipinski definition) is 2. The minimum absolute atomic E-state index is 0.189. The maximum atomic E-state index is 14.0. The fourth-order valence-corrected chi connectivity index (χ4v) is 5.15. The fraction of sp³-hybridized carbons (Fsp3) is 0.200. The van der Waals surface area contributed by atoms with E-state index in [2.05, 4.69) is 16.8 Å². The van der Waals surface area contributed by atoms with Crippen molar-refractivity contribution in [2.24, 2.45) is 5.92 Å². The van der Waals surface area contributed by atoms with Crippen LogP contribution in [0.3, 0.4) is 0 Å². The van der Waals surface area contributed by atoms with Crippen molar-refractivity contribution in [3.8, 4) is 11.4 Å². The molecule has 2 atom stereocenters. The Morgan fingerprint density at radius 2 is 1.32 bits per heavy atom. The monoisotopic (exact) mass is 494 g/mol. The maximum absolute atomic E-state index is 14.0. The number of hydrogen-bond acceptors (Lipinski definition) is 3. The molecule has 0 bridgehead atoms. The zero-order chi connectivity index (χ0) is 25.9. The van der Waals surface area contributed by atoms with E-state index >= 15 is 0 Å². The molecule has 0 aliphatic heterocycles. The summed E-state index contributed by atoms with van der Waals surface area (Å²) in [4.78, 5) is 28.0. The van der Waals surface area contributed by atoms with Gasteiger partial charge in [-0.05, 0) is 38.1 Å². The molecular weight excluding hydrogens is 464 g/mol. The van der Waals surface area contributed by atoms with E-state index in [0.717, 1.165) is 11.4 Å². The van der Waals surface area contributed by atoms with Gasteiger partial charge in [-0.2, -0.15) is 0 Å². The number of para-hydroxylation sites is 2. The minimum atomic E-state index is -0.557. The van der Waals surface area contributed by atoms with Gasteiger partial charge in [0.15, 0.2) is 0 Å². The van der Waals surface area contributed by atoms with Crippen molar-refractivity contribution in [3.63, 3.8) is 0 Å². The summed E-state index contributed by atoms with van der Waals surface area (Å²) in [6, 6.07) is 18.9. The first-order valence-corrected chi connectivity index (χ1v) is 12.3. The van der Waals surface area contributed by atoms with Crippen LogP contribution in [0.1, 0.15) is 28.4 Å². The molecule has 4 aromatic rings. The average molecular weight is 495 g/mol. The molecule has 5 rings (SSSR count). The van der Waals surface area contributed by atoms with Gasteiger partial charge in [-0.3, -0.25) is 19.8 Å². The van der Waals surface area contributed by atoms with Crippen LogP contribution in [0.15, 0.2) is 107 Å². The quantitative estimate of drug-likeness (QED) is 0.348. The van der Waals surface area contributed by atoms with E-state index in [9.17, 15) is 9.59 Å². The van der Waals surface area contributed by atoms with Crippen molar-refractivity contribution < 1.29 is 4.74 Å². The summed E-state index contributed by atoms with van der Waals surface area (Å²) in [6.45, 7) is 7.89. The van der Waals surface area contributed by atoms with E-state index < -0.39 is 5.92 Å². The van der Waals surface area contributed by atoms with Gasteiger partial charge >= 0.3 is 0 Å². The van der Waals surface area contributed by atoms with Crippen LogP contribution in [0.5, 0.6) is 0 Å². The molecule has 7 heteroatoms. The maximum Gasteiger partial charge on any atom is 0.275 e.